The maximum Gasteiger partial charge on any atom is 0.311 e. The van der Waals surface area contributed by atoms with Crippen LogP contribution in [0.5, 0.6) is 5.75 Å². The largest absolute Gasteiger partial charge is 0.493 e. The number of aliphatic carboxylic acids is 1. The quantitative estimate of drug-likeness (QED) is 0.658. The minimum absolute atomic E-state index is 0.403. The van der Waals surface area contributed by atoms with E-state index in [1.807, 2.05) is 66.7 Å². The number of fused-ring (bicyclic) bond motifs is 1. The molecule has 0 aliphatic rings. The molecular weight excluding hydrogens is 312 g/mol. The molecule has 0 aromatic heterocycles. The molecule has 3 aromatic rings. The van der Waals surface area contributed by atoms with E-state index in [2.05, 4.69) is 6.92 Å². The van der Waals surface area contributed by atoms with Crippen LogP contribution in [-0.2, 0) is 11.2 Å². The molecule has 0 radical (unpaired) electrons. The second-order valence-corrected chi connectivity index (χ2v) is 6.12. The van der Waals surface area contributed by atoms with Gasteiger partial charge >= 0.3 is 5.97 Å². The zero-order valence-electron chi connectivity index (χ0n) is 14.3. The Balaban J connectivity index is 2.07. The fourth-order valence-electron chi connectivity index (χ4n) is 3.11. The Morgan fingerprint density at radius 1 is 1.00 bits per heavy atom. The first-order chi connectivity index (χ1) is 12.2. The van der Waals surface area contributed by atoms with Crippen LogP contribution in [0.4, 0.5) is 0 Å². The Bertz CT molecular complexity index is 856. The van der Waals surface area contributed by atoms with E-state index in [0.717, 1.165) is 34.1 Å². The first-order valence-corrected chi connectivity index (χ1v) is 8.62. The van der Waals surface area contributed by atoms with Gasteiger partial charge in [-0.25, -0.2) is 0 Å². The van der Waals surface area contributed by atoms with Crippen LogP contribution in [0.2, 0.25) is 0 Å². The van der Waals surface area contributed by atoms with Crippen molar-refractivity contribution in [3.63, 3.8) is 0 Å². The highest BCUT2D eigenvalue weighted by Gasteiger charge is 2.23. The van der Waals surface area contributed by atoms with Gasteiger partial charge in [-0.05, 0) is 35.2 Å². The summed E-state index contributed by atoms with van der Waals surface area (Å²) in [5.41, 5.74) is 1.77. The third-order valence-corrected chi connectivity index (χ3v) is 4.37. The van der Waals surface area contributed by atoms with Crippen molar-refractivity contribution in [2.75, 3.05) is 6.61 Å². The highest BCUT2D eigenvalue weighted by molar-refractivity contribution is 5.89. The standard InChI is InChI=1S/C22H22O3/c1-2-14-25-21-13-12-17-10-6-7-11-18(17)20(21)15-19(22(23)24)16-8-4-3-5-9-16/h3-13,19H,2,14-15H2,1H3,(H,23,24). The minimum atomic E-state index is -0.819. The molecule has 0 amide bonds. The second kappa shape index (κ2) is 7.84. The van der Waals surface area contributed by atoms with Crippen LogP contribution < -0.4 is 4.74 Å². The lowest BCUT2D eigenvalue weighted by molar-refractivity contribution is -0.138. The molecule has 0 fully saturated rings. The van der Waals surface area contributed by atoms with Crippen LogP contribution >= 0.6 is 0 Å². The highest BCUT2D eigenvalue weighted by Crippen LogP contribution is 2.33. The Morgan fingerprint density at radius 2 is 1.72 bits per heavy atom. The van der Waals surface area contributed by atoms with E-state index < -0.39 is 11.9 Å². The molecular formula is C22H22O3. The molecule has 3 heteroatoms. The molecule has 128 valence electrons. The summed E-state index contributed by atoms with van der Waals surface area (Å²) in [6.45, 7) is 2.68. The van der Waals surface area contributed by atoms with Gasteiger partial charge in [-0.1, -0.05) is 67.6 Å². The van der Waals surface area contributed by atoms with Crippen molar-refractivity contribution in [1.29, 1.82) is 0 Å². The maximum atomic E-state index is 11.9. The first kappa shape index (κ1) is 17.0. The summed E-state index contributed by atoms with van der Waals surface area (Å²) < 4.78 is 5.92. The van der Waals surface area contributed by atoms with Gasteiger partial charge in [-0.2, -0.15) is 0 Å². The Hall–Kier alpha value is -2.81. The summed E-state index contributed by atoms with van der Waals surface area (Å²) in [7, 11) is 0. The molecule has 0 spiro atoms. The molecule has 25 heavy (non-hydrogen) atoms. The molecule has 0 saturated heterocycles. The second-order valence-electron chi connectivity index (χ2n) is 6.12. The van der Waals surface area contributed by atoms with Gasteiger partial charge in [0.15, 0.2) is 0 Å². The van der Waals surface area contributed by atoms with E-state index in [0.29, 0.717) is 13.0 Å². The van der Waals surface area contributed by atoms with Gasteiger partial charge in [0.1, 0.15) is 5.75 Å². The van der Waals surface area contributed by atoms with Crippen molar-refractivity contribution in [2.24, 2.45) is 0 Å². The average molecular weight is 334 g/mol. The van der Waals surface area contributed by atoms with Crippen molar-refractivity contribution in [3.8, 4) is 5.75 Å². The van der Waals surface area contributed by atoms with Crippen LogP contribution in [0, 0.1) is 0 Å². The van der Waals surface area contributed by atoms with Gasteiger partial charge in [-0.3, -0.25) is 4.79 Å². The predicted octanol–water partition coefficient (Wildman–Crippen LogP) is 5.04. The summed E-state index contributed by atoms with van der Waals surface area (Å²) in [5.74, 6) is -0.640. The number of carbonyl (C=O) groups is 1. The van der Waals surface area contributed by atoms with Gasteiger partial charge in [0, 0.05) is 5.56 Å². The number of hydrogen-bond acceptors (Lipinski definition) is 2. The van der Waals surface area contributed by atoms with E-state index in [9.17, 15) is 9.90 Å². The monoisotopic (exact) mass is 334 g/mol. The van der Waals surface area contributed by atoms with Gasteiger partial charge < -0.3 is 9.84 Å². The summed E-state index contributed by atoms with van der Waals surface area (Å²) in [5, 5.41) is 11.9. The smallest absolute Gasteiger partial charge is 0.311 e. The Morgan fingerprint density at radius 3 is 2.44 bits per heavy atom. The number of carboxylic acid groups (broad SMARTS) is 1. The fourth-order valence-corrected chi connectivity index (χ4v) is 3.11. The maximum absolute atomic E-state index is 11.9. The van der Waals surface area contributed by atoms with E-state index >= 15 is 0 Å². The van der Waals surface area contributed by atoms with Crippen LogP contribution in [-0.4, -0.2) is 17.7 Å². The van der Waals surface area contributed by atoms with Crippen LogP contribution in [0.25, 0.3) is 10.8 Å². The lowest BCUT2D eigenvalue weighted by atomic mass is 9.89. The topological polar surface area (TPSA) is 46.5 Å². The summed E-state index contributed by atoms with van der Waals surface area (Å²) in [6.07, 6.45) is 1.31. The third kappa shape index (κ3) is 3.82. The van der Waals surface area contributed by atoms with E-state index in [1.54, 1.807) is 0 Å². The lowest BCUT2D eigenvalue weighted by Crippen LogP contribution is -2.15. The molecule has 1 atom stereocenters. The summed E-state index contributed by atoms with van der Waals surface area (Å²) >= 11 is 0. The van der Waals surface area contributed by atoms with Gasteiger partial charge in [-0.15, -0.1) is 0 Å². The summed E-state index contributed by atoms with van der Waals surface area (Å²) in [4.78, 5) is 11.9. The lowest BCUT2D eigenvalue weighted by Gasteiger charge is -2.18. The Kier molecular flexibility index (Phi) is 5.34. The molecule has 1 N–H and O–H groups in total. The van der Waals surface area contributed by atoms with Gasteiger partial charge in [0.2, 0.25) is 0 Å². The molecule has 0 aliphatic heterocycles. The predicted molar refractivity (Wildman–Crippen MR) is 100 cm³/mol. The number of hydrogen-bond donors (Lipinski definition) is 1. The molecule has 0 aliphatic carbocycles. The highest BCUT2D eigenvalue weighted by atomic mass is 16.5. The fraction of sp³-hybridized carbons (Fsp3) is 0.227. The SMILES string of the molecule is CCCOc1ccc2ccccc2c1CC(C(=O)O)c1ccccc1. The molecule has 3 aromatic carbocycles. The molecule has 0 saturated carbocycles. The van der Waals surface area contributed by atoms with E-state index in [4.69, 9.17) is 4.74 Å². The van der Waals surface area contributed by atoms with Crippen molar-refractivity contribution in [3.05, 3.63) is 77.9 Å². The number of rotatable bonds is 7. The molecule has 3 nitrogen and oxygen atoms in total. The number of ether oxygens (including phenoxy) is 1. The molecule has 0 bridgehead atoms. The molecule has 3 rings (SSSR count). The van der Waals surface area contributed by atoms with Crippen molar-refractivity contribution in [2.45, 2.75) is 25.7 Å². The summed E-state index contributed by atoms with van der Waals surface area (Å²) in [6, 6.07) is 21.4. The number of carboxylic acids is 1. The normalized spacial score (nSPS) is 12.0. The minimum Gasteiger partial charge on any atom is -0.493 e. The van der Waals surface area contributed by atoms with Crippen LogP contribution in [0.15, 0.2) is 66.7 Å². The third-order valence-electron chi connectivity index (χ3n) is 4.37. The van der Waals surface area contributed by atoms with Crippen molar-refractivity contribution >= 4 is 16.7 Å². The van der Waals surface area contributed by atoms with Crippen molar-refractivity contribution in [1.82, 2.24) is 0 Å². The Labute approximate surface area is 147 Å². The van der Waals surface area contributed by atoms with Crippen LogP contribution in [0.3, 0.4) is 0 Å². The van der Waals surface area contributed by atoms with Gasteiger partial charge in [0.05, 0.1) is 12.5 Å². The van der Waals surface area contributed by atoms with Crippen molar-refractivity contribution < 1.29 is 14.6 Å². The van der Waals surface area contributed by atoms with E-state index in [-0.39, 0.29) is 0 Å². The average Bonchev–Trinajstić information content (AvgIpc) is 2.65. The van der Waals surface area contributed by atoms with Crippen LogP contribution in [0.1, 0.15) is 30.4 Å². The molecule has 0 heterocycles. The zero-order valence-corrected chi connectivity index (χ0v) is 14.3. The first-order valence-electron chi connectivity index (χ1n) is 8.62. The molecule has 1 unspecified atom stereocenters. The van der Waals surface area contributed by atoms with Gasteiger partial charge in [0.25, 0.3) is 0 Å². The number of benzene rings is 3. The van der Waals surface area contributed by atoms with E-state index in [1.165, 1.54) is 0 Å². The zero-order chi connectivity index (χ0) is 17.6.